The van der Waals surface area contributed by atoms with Gasteiger partial charge in [-0.15, -0.1) is 0 Å². The van der Waals surface area contributed by atoms with Gasteiger partial charge < -0.3 is 9.64 Å². The van der Waals surface area contributed by atoms with Gasteiger partial charge in [0.25, 0.3) is 5.91 Å². The van der Waals surface area contributed by atoms with Crippen LogP contribution in [-0.2, 0) is 19.6 Å². The van der Waals surface area contributed by atoms with Crippen molar-refractivity contribution in [3.63, 3.8) is 0 Å². The van der Waals surface area contributed by atoms with Gasteiger partial charge in [-0.05, 0) is 63.6 Å². The highest BCUT2D eigenvalue weighted by Gasteiger charge is 2.29. The average molecular weight is 423 g/mol. The SMILES string of the molecule is Cc1ccc(S(=O)(=O)N2CCCCC2)cc1C(=O)O[C@@H](C)C(=O)N1CCCCC1. The molecule has 0 aliphatic carbocycles. The second kappa shape index (κ2) is 9.26. The summed E-state index contributed by atoms with van der Waals surface area (Å²) in [6.07, 6.45) is 4.84. The van der Waals surface area contributed by atoms with Gasteiger partial charge in [-0.1, -0.05) is 12.5 Å². The van der Waals surface area contributed by atoms with Crippen molar-refractivity contribution in [2.24, 2.45) is 0 Å². The zero-order chi connectivity index (χ0) is 21.0. The van der Waals surface area contributed by atoms with Crippen LogP contribution in [0, 0.1) is 6.92 Å². The van der Waals surface area contributed by atoms with Crippen molar-refractivity contribution in [1.82, 2.24) is 9.21 Å². The quantitative estimate of drug-likeness (QED) is 0.681. The van der Waals surface area contributed by atoms with Crippen LogP contribution in [-0.4, -0.2) is 61.8 Å². The van der Waals surface area contributed by atoms with E-state index in [1.807, 2.05) is 0 Å². The summed E-state index contributed by atoms with van der Waals surface area (Å²) < 4.78 is 32.7. The predicted octanol–water partition coefficient (Wildman–Crippen LogP) is 2.73. The van der Waals surface area contributed by atoms with Crippen molar-refractivity contribution in [3.05, 3.63) is 29.3 Å². The molecule has 1 atom stereocenters. The zero-order valence-corrected chi connectivity index (χ0v) is 18.0. The molecule has 0 spiro atoms. The van der Waals surface area contributed by atoms with Crippen LogP contribution in [0.3, 0.4) is 0 Å². The van der Waals surface area contributed by atoms with E-state index in [0.29, 0.717) is 31.7 Å². The fourth-order valence-electron chi connectivity index (χ4n) is 3.88. The number of nitrogens with zero attached hydrogens (tertiary/aromatic N) is 2. The number of piperidine rings is 2. The first kappa shape index (κ1) is 21.8. The first-order chi connectivity index (χ1) is 13.8. The van der Waals surface area contributed by atoms with E-state index in [0.717, 1.165) is 38.5 Å². The summed E-state index contributed by atoms with van der Waals surface area (Å²) in [5.74, 6) is -0.871. The van der Waals surface area contributed by atoms with Gasteiger partial charge in [-0.25, -0.2) is 13.2 Å². The van der Waals surface area contributed by atoms with Crippen molar-refractivity contribution < 1.29 is 22.7 Å². The minimum atomic E-state index is -3.65. The normalized spacial score (nSPS) is 19.6. The molecule has 2 aliphatic heterocycles. The number of rotatable bonds is 5. The lowest BCUT2D eigenvalue weighted by molar-refractivity contribution is -0.140. The molecule has 2 saturated heterocycles. The van der Waals surface area contributed by atoms with Crippen LogP contribution < -0.4 is 0 Å². The number of hydrogen-bond acceptors (Lipinski definition) is 5. The Balaban J connectivity index is 1.74. The molecule has 0 aromatic heterocycles. The minimum Gasteiger partial charge on any atom is -0.449 e. The van der Waals surface area contributed by atoms with E-state index < -0.39 is 22.1 Å². The maximum atomic E-state index is 12.9. The largest absolute Gasteiger partial charge is 0.449 e. The van der Waals surface area contributed by atoms with Crippen molar-refractivity contribution in [2.45, 2.75) is 63.4 Å². The van der Waals surface area contributed by atoms with E-state index in [9.17, 15) is 18.0 Å². The number of likely N-dealkylation sites (tertiary alicyclic amines) is 1. The maximum absolute atomic E-state index is 12.9. The highest BCUT2D eigenvalue weighted by atomic mass is 32.2. The number of esters is 1. The topological polar surface area (TPSA) is 84.0 Å². The first-order valence-corrected chi connectivity index (χ1v) is 11.9. The van der Waals surface area contributed by atoms with E-state index in [1.165, 1.54) is 16.4 Å². The van der Waals surface area contributed by atoms with Gasteiger partial charge in [0.05, 0.1) is 10.5 Å². The molecule has 0 saturated carbocycles. The molecule has 2 fully saturated rings. The van der Waals surface area contributed by atoms with Crippen molar-refractivity contribution >= 4 is 21.9 Å². The first-order valence-electron chi connectivity index (χ1n) is 10.4. The Morgan fingerprint density at radius 2 is 1.55 bits per heavy atom. The molecule has 29 heavy (non-hydrogen) atoms. The third kappa shape index (κ3) is 4.98. The summed E-state index contributed by atoms with van der Waals surface area (Å²) >= 11 is 0. The van der Waals surface area contributed by atoms with Crippen molar-refractivity contribution in [1.29, 1.82) is 0 Å². The van der Waals surface area contributed by atoms with Gasteiger partial charge in [0, 0.05) is 26.2 Å². The molecule has 2 heterocycles. The molecule has 7 nitrogen and oxygen atoms in total. The molecular formula is C21H30N2O5S. The van der Waals surface area contributed by atoms with E-state index in [4.69, 9.17) is 4.74 Å². The molecule has 160 valence electrons. The summed E-state index contributed by atoms with van der Waals surface area (Å²) in [6, 6.07) is 4.52. The number of carbonyl (C=O) groups excluding carboxylic acids is 2. The highest BCUT2D eigenvalue weighted by Crippen LogP contribution is 2.23. The van der Waals surface area contributed by atoms with Crippen LogP contribution in [0.5, 0.6) is 0 Å². The summed E-state index contributed by atoms with van der Waals surface area (Å²) in [7, 11) is -3.65. The number of sulfonamides is 1. The monoisotopic (exact) mass is 422 g/mol. The summed E-state index contributed by atoms with van der Waals surface area (Å²) in [4.78, 5) is 27.1. The molecule has 0 N–H and O–H groups in total. The molecule has 1 aromatic carbocycles. The number of amides is 1. The van der Waals surface area contributed by atoms with Crippen LogP contribution in [0.4, 0.5) is 0 Å². The fourth-order valence-corrected chi connectivity index (χ4v) is 5.43. The Bertz CT molecular complexity index is 856. The number of carbonyl (C=O) groups is 2. The van der Waals surface area contributed by atoms with Gasteiger partial charge in [0.15, 0.2) is 6.10 Å². The Labute approximate surface area is 173 Å². The maximum Gasteiger partial charge on any atom is 0.339 e. The Hall–Kier alpha value is -1.93. The Morgan fingerprint density at radius 3 is 2.17 bits per heavy atom. The lowest BCUT2D eigenvalue weighted by atomic mass is 10.1. The van der Waals surface area contributed by atoms with Crippen LogP contribution in [0.2, 0.25) is 0 Å². The van der Waals surface area contributed by atoms with Gasteiger partial charge >= 0.3 is 5.97 Å². The molecule has 1 amide bonds. The lowest BCUT2D eigenvalue weighted by Gasteiger charge is -2.29. The molecule has 3 rings (SSSR count). The van der Waals surface area contributed by atoms with Crippen molar-refractivity contribution in [2.75, 3.05) is 26.2 Å². The smallest absolute Gasteiger partial charge is 0.339 e. The average Bonchev–Trinajstić information content (AvgIpc) is 2.74. The second-order valence-corrected chi connectivity index (χ2v) is 9.81. The number of hydrogen-bond donors (Lipinski definition) is 0. The number of aryl methyl sites for hydroxylation is 1. The molecule has 0 radical (unpaired) electrons. The van der Waals surface area contributed by atoms with Crippen LogP contribution in [0.25, 0.3) is 0 Å². The van der Waals surface area contributed by atoms with Gasteiger partial charge in [0.1, 0.15) is 0 Å². The second-order valence-electron chi connectivity index (χ2n) is 7.87. The van der Waals surface area contributed by atoms with Crippen molar-refractivity contribution in [3.8, 4) is 0 Å². The summed E-state index contributed by atoms with van der Waals surface area (Å²) in [6.45, 7) is 5.66. The predicted molar refractivity (Wildman–Crippen MR) is 109 cm³/mol. The van der Waals surface area contributed by atoms with Gasteiger partial charge in [0.2, 0.25) is 10.0 Å². The fraction of sp³-hybridized carbons (Fsp3) is 0.619. The third-order valence-electron chi connectivity index (χ3n) is 5.68. The molecule has 0 bridgehead atoms. The minimum absolute atomic E-state index is 0.0898. The standard InChI is InChI=1S/C21H30N2O5S/c1-16-9-10-18(29(26,27)23-13-7-4-8-14-23)15-19(16)21(25)28-17(2)20(24)22-11-5-3-6-12-22/h9-10,15,17H,3-8,11-14H2,1-2H3/t17-/m0/s1. The third-order valence-corrected chi connectivity index (χ3v) is 7.58. The molecular weight excluding hydrogens is 392 g/mol. The molecule has 8 heteroatoms. The van der Waals surface area contributed by atoms with E-state index in [2.05, 4.69) is 0 Å². The van der Waals surface area contributed by atoms with Gasteiger partial charge in [-0.3, -0.25) is 4.79 Å². The van der Waals surface area contributed by atoms with Crippen LogP contribution >= 0.6 is 0 Å². The molecule has 2 aliphatic rings. The Morgan fingerprint density at radius 1 is 0.966 bits per heavy atom. The molecule has 1 aromatic rings. The van der Waals surface area contributed by atoms with E-state index >= 15 is 0 Å². The number of benzene rings is 1. The molecule has 0 unspecified atom stereocenters. The van der Waals surface area contributed by atoms with Crippen LogP contribution in [0.1, 0.15) is 61.4 Å². The lowest BCUT2D eigenvalue weighted by Crippen LogP contribution is -2.42. The highest BCUT2D eigenvalue weighted by molar-refractivity contribution is 7.89. The van der Waals surface area contributed by atoms with Crippen LogP contribution in [0.15, 0.2) is 23.1 Å². The summed E-state index contributed by atoms with van der Waals surface area (Å²) in [5, 5.41) is 0. The summed E-state index contributed by atoms with van der Waals surface area (Å²) in [5.41, 5.74) is 0.798. The zero-order valence-electron chi connectivity index (χ0n) is 17.2. The number of ether oxygens (including phenoxy) is 1. The van der Waals surface area contributed by atoms with E-state index in [-0.39, 0.29) is 16.4 Å². The van der Waals surface area contributed by atoms with E-state index in [1.54, 1.807) is 24.8 Å². The Kier molecular flexibility index (Phi) is 6.95. The van der Waals surface area contributed by atoms with Gasteiger partial charge in [-0.2, -0.15) is 4.31 Å².